The van der Waals surface area contributed by atoms with Crippen LogP contribution < -0.4 is 0 Å². The second kappa shape index (κ2) is 3.98. The first kappa shape index (κ1) is 12.0. The summed E-state index contributed by atoms with van der Waals surface area (Å²) in [6.07, 6.45) is 2.75. The molecule has 1 fully saturated rings. The van der Waals surface area contributed by atoms with Gasteiger partial charge >= 0.3 is 0 Å². The minimum Gasteiger partial charge on any atom is -0.300 e. The summed E-state index contributed by atoms with van der Waals surface area (Å²) in [5.74, 6) is -0.00655. The molecule has 1 saturated carbocycles. The Morgan fingerprint density at radius 3 is 2.50 bits per heavy atom. The lowest BCUT2D eigenvalue weighted by Gasteiger charge is -2.30. The number of carbonyl (C=O) groups excluding carboxylic acids is 2. The third-order valence-electron chi connectivity index (χ3n) is 4.17. The minimum absolute atomic E-state index is 0.0886. The molecule has 2 aliphatic carbocycles. The van der Waals surface area contributed by atoms with Gasteiger partial charge in [0.15, 0.2) is 5.78 Å². The Morgan fingerprint density at radius 2 is 1.83 bits per heavy atom. The maximum atomic E-state index is 13.5. The maximum Gasteiger partial charge on any atom is 0.169 e. The van der Waals surface area contributed by atoms with Crippen LogP contribution in [0.15, 0.2) is 16.6 Å². The highest BCUT2D eigenvalue weighted by Crippen LogP contribution is 2.47. The van der Waals surface area contributed by atoms with E-state index in [-0.39, 0.29) is 17.4 Å². The van der Waals surface area contributed by atoms with Gasteiger partial charge in [-0.3, -0.25) is 9.59 Å². The third kappa shape index (κ3) is 1.66. The van der Waals surface area contributed by atoms with Crippen molar-refractivity contribution < 1.29 is 14.0 Å². The predicted molar refractivity (Wildman–Crippen MR) is 68.0 cm³/mol. The summed E-state index contributed by atoms with van der Waals surface area (Å²) < 4.78 is 13.8. The van der Waals surface area contributed by atoms with E-state index in [0.717, 1.165) is 5.56 Å². The summed E-state index contributed by atoms with van der Waals surface area (Å²) >= 11 is 3.12. The van der Waals surface area contributed by atoms with Gasteiger partial charge in [0.05, 0.1) is 4.47 Å². The lowest BCUT2D eigenvalue weighted by Crippen LogP contribution is -2.33. The summed E-state index contributed by atoms with van der Waals surface area (Å²) in [6, 6.07) is 3.03. The Balaban J connectivity index is 2.01. The first-order valence-electron chi connectivity index (χ1n) is 6.06. The molecule has 3 rings (SSSR count). The largest absolute Gasteiger partial charge is 0.300 e. The number of halogens is 2. The molecular weight excluding hydrogens is 299 g/mol. The second-order valence-electron chi connectivity index (χ2n) is 5.25. The van der Waals surface area contributed by atoms with Gasteiger partial charge in [-0.25, -0.2) is 4.39 Å². The van der Waals surface area contributed by atoms with Crippen molar-refractivity contribution in [3.8, 4) is 0 Å². The number of rotatable bonds is 0. The molecule has 0 heterocycles. The maximum absolute atomic E-state index is 13.5. The summed E-state index contributed by atoms with van der Waals surface area (Å²) in [5.41, 5.74) is 0.969. The van der Waals surface area contributed by atoms with Crippen LogP contribution in [0.5, 0.6) is 0 Å². The van der Waals surface area contributed by atoms with Gasteiger partial charge in [-0.2, -0.15) is 0 Å². The molecule has 1 aromatic carbocycles. The van der Waals surface area contributed by atoms with Crippen LogP contribution in [0.1, 0.15) is 41.6 Å². The van der Waals surface area contributed by atoms with Crippen LogP contribution >= 0.6 is 15.9 Å². The van der Waals surface area contributed by atoms with Gasteiger partial charge in [-0.1, -0.05) is 0 Å². The molecule has 1 aromatic rings. The fraction of sp³-hybridized carbons (Fsp3) is 0.429. The van der Waals surface area contributed by atoms with E-state index >= 15 is 0 Å². The molecule has 2 nitrogen and oxygen atoms in total. The monoisotopic (exact) mass is 310 g/mol. The average Bonchev–Trinajstić information content (AvgIpc) is 2.59. The molecule has 0 N–H and O–H groups in total. The Labute approximate surface area is 113 Å². The van der Waals surface area contributed by atoms with E-state index < -0.39 is 5.41 Å². The predicted octanol–water partition coefficient (Wildman–Crippen LogP) is 3.46. The van der Waals surface area contributed by atoms with E-state index in [1.54, 1.807) is 6.07 Å². The van der Waals surface area contributed by atoms with Crippen molar-refractivity contribution in [3.05, 3.63) is 33.5 Å². The highest BCUT2D eigenvalue weighted by atomic mass is 79.9. The van der Waals surface area contributed by atoms with Gasteiger partial charge in [0.2, 0.25) is 0 Å². The number of hydrogen-bond acceptors (Lipinski definition) is 2. The molecule has 0 atom stereocenters. The molecule has 0 unspecified atom stereocenters. The van der Waals surface area contributed by atoms with E-state index in [4.69, 9.17) is 0 Å². The lowest BCUT2D eigenvalue weighted by atomic mass is 9.71. The first-order valence-corrected chi connectivity index (χ1v) is 6.86. The number of hydrogen-bond donors (Lipinski definition) is 0. The molecular formula is C14H12BrFO2. The third-order valence-corrected chi connectivity index (χ3v) is 4.77. The van der Waals surface area contributed by atoms with Gasteiger partial charge < -0.3 is 0 Å². The molecule has 0 radical (unpaired) electrons. The van der Waals surface area contributed by atoms with Crippen LogP contribution in [0, 0.1) is 11.2 Å². The van der Waals surface area contributed by atoms with Gasteiger partial charge in [0, 0.05) is 23.8 Å². The van der Waals surface area contributed by atoms with Crippen LogP contribution in [0.4, 0.5) is 4.39 Å². The van der Waals surface area contributed by atoms with Crippen molar-refractivity contribution in [2.45, 2.75) is 32.1 Å². The molecule has 0 aromatic heterocycles. The Morgan fingerprint density at radius 1 is 1.17 bits per heavy atom. The van der Waals surface area contributed by atoms with E-state index in [0.29, 0.717) is 42.1 Å². The van der Waals surface area contributed by atoms with Gasteiger partial charge in [-0.05, 0) is 52.9 Å². The summed E-state index contributed by atoms with van der Waals surface area (Å²) in [6.45, 7) is 0. The number of Topliss-reactive ketones (excluding diaryl/α,β-unsaturated/α-hetero) is 2. The summed E-state index contributed by atoms with van der Waals surface area (Å²) in [4.78, 5) is 23.8. The van der Waals surface area contributed by atoms with Crippen LogP contribution in [0.3, 0.4) is 0 Å². The molecule has 94 valence electrons. The Kier molecular flexibility index (Phi) is 2.66. The lowest BCUT2D eigenvalue weighted by molar-refractivity contribution is -0.121. The average molecular weight is 311 g/mol. The topological polar surface area (TPSA) is 34.1 Å². The van der Waals surface area contributed by atoms with E-state index in [2.05, 4.69) is 15.9 Å². The summed E-state index contributed by atoms with van der Waals surface area (Å²) in [5, 5.41) is 0. The Hall–Kier alpha value is -1.03. The van der Waals surface area contributed by atoms with Crippen molar-refractivity contribution in [2.24, 2.45) is 5.41 Å². The molecule has 0 amide bonds. The van der Waals surface area contributed by atoms with E-state index in [1.165, 1.54) is 6.07 Å². The van der Waals surface area contributed by atoms with Gasteiger partial charge in [0.1, 0.15) is 11.6 Å². The fourth-order valence-corrected chi connectivity index (χ4v) is 3.43. The molecule has 18 heavy (non-hydrogen) atoms. The standard InChI is InChI=1S/C14H12BrFO2/c15-11-6-10-8(5-12(11)16)7-14(13(10)18)3-1-9(17)2-4-14/h5-6H,1-4,7H2. The van der Waals surface area contributed by atoms with Crippen LogP contribution in [0.25, 0.3) is 0 Å². The zero-order chi connectivity index (χ0) is 12.9. The summed E-state index contributed by atoms with van der Waals surface area (Å²) in [7, 11) is 0. The second-order valence-corrected chi connectivity index (χ2v) is 6.10. The number of ketones is 2. The van der Waals surface area contributed by atoms with Crippen LogP contribution in [-0.4, -0.2) is 11.6 Å². The molecule has 1 spiro atoms. The van der Waals surface area contributed by atoms with Crippen molar-refractivity contribution >= 4 is 27.5 Å². The highest BCUT2D eigenvalue weighted by Gasteiger charge is 2.47. The SMILES string of the molecule is O=C1CCC2(CC1)Cc1cc(F)c(Br)cc1C2=O. The number of benzene rings is 1. The number of carbonyl (C=O) groups is 2. The molecule has 4 heteroatoms. The zero-order valence-corrected chi connectivity index (χ0v) is 11.3. The van der Waals surface area contributed by atoms with Crippen molar-refractivity contribution in [1.29, 1.82) is 0 Å². The van der Waals surface area contributed by atoms with Gasteiger partial charge in [0.25, 0.3) is 0 Å². The smallest absolute Gasteiger partial charge is 0.169 e. The first-order chi connectivity index (χ1) is 8.52. The van der Waals surface area contributed by atoms with E-state index in [9.17, 15) is 14.0 Å². The van der Waals surface area contributed by atoms with Gasteiger partial charge in [-0.15, -0.1) is 0 Å². The quantitative estimate of drug-likeness (QED) is 0.735. The highest BCUT2D eigenvalue weighted by molar-refractivity contribution is 9.10. The van der Waals surface area contributed by atoms with Crippen molar-refractivity contribution in [2.75, 3.05) is 0 Å². The minimum atomic E-state index is -0.441. The van der Waals surface area contributed by atoms with Crippen LogP contribution in [-0.2, 0) is 11.2 Å². The van der Waals surface area contributed by atoms with Crippen molar-refractivity contribution in [3.63, 3.8) is 0 Å². The molecule has 0 saturated heterocycles. The normalized spacial score (nSPS) is 21.4. The fourth-order valence-electron chi connectivity index (χ4n) is 3.09. The van der Waals surface area contributed by atoms with Crippen LogP contribution in [0.2, 0.25) is 0 Å². The number of fused-ring (bicyclic) bond motifs is 1. The molecule has 2 aliphatic rings. The zero-order valence-electron chi connectivity index (χ0n) is 9.76. The van der Waals surface area contributed by atoms with Crippen molar-refractivity contribution in [1.82, 2.24) is 0 Å². The molecule has 0 bridgehead atoms. The van der Waals surface area contributed by atoms with E-state index in [1.807, 2.05) is 0 Å². The molecule has 0 aliphatic heterocycles. The Bertz CT molecular complexity index is 555.